The highest BCUT2D eigenvalue weighted by Crippen LogP contribution is 2.32. The van der Waals surface area contributed by atoms with Crippen LogP contribution in [0.4, 0.5) is 17.6 Å². The van der Waals surface area contributed by atoms with E-state index in [0.29, 0.717) is 17.3 Å². The van der Waals surface area contributed by atoms with Crippen molar-refractivity contribution in [2.75, 3.05) is 0 Å². The smallest absolute Gasteiger partial charge is 0.289 e. The summed E-state index contributed by atoms with van der Waals surface area (Å²) >= 11 is 0. The predicted molar refractivity (Wildman–Crippen MR) is 85.0 cm³/mol. The summed E-state index contributed by atoms with van der Waals surface area (Å²) in [5.74, 6) is -1.08. The molecule has 0 bridgehead atoms. The van der Waals surface area contributed by atoms with E-state index in [1.54, 1.807) is 6.92 Å². The molecule has 8 heteroatoms. The molecule has 3 rings (SSSR count). The fraction of sp³-hybridized carbons (Fsp3) is 0.294. The van der Waals surface area contributed by atoms with Gasteiger partial charge in [0.1, 0.15) is 5.82 Å². The van der Waals surface area contributed by atoms with Gasteiger partial charge in [0.05, 0.1) is 11.3 Å². The van der Waals surface area contributed by atoms with Crippen molar-refractivity contribution in [3.05, 3.63) is 57.3 Å². The second-order valence-electron chi connectivity index (χ2n) is 6.13. The van der Waals surface area contributed by atoms with Crippen molar-refractivity contribution in [2.24, 2.45) is 0 Å². The molecule has 0 amide bonds. The lowest BCUT2D eigenvalue weighted by molar-refractivity contribution is -0.137. The molecule has 0 spiro atoms. The molecule has 0 aliphatic carbocycles. The first-order valence-electron chi connectivity index (χ1n) is 7.59. The highest BCUT2D eigenvalue weighted by atomic mass is 19.4. The number of H-pyrrole nitrogens is 1. The van der Waals surface area contributed by atoms with Gasteiger partial charge in [-0.1, -0.05) is 13.8 Å². The van der Waals surface area contributed by atoms with Gasteiger partial charge in [-0.25, -0.2) is 13.9 Å². The number of fused-ring (bicyclic) bond motifs is 1. The third kappa shape index (κ3) is 2.92. The van der Waals surface area contributed by atoms with Crippen LogP contribution in [0, 0.1) is 12.7 Å². The Kier molecular flexibility index (Phi) is 3.93. The van der Waals surface area contributed by atoms with E-state index >= 15 is 0 Å². The molecule has 1 N–H and O–H groups in total. The first kappa shape index (κ1) is 17.2. The van der Waals surface area contributed by atoms with E-state index < -0.39 is 17.6 Å². The average molecular weight is 353 g/mol. The molecule has 0 fully saturated rings. The van der Waals surface area contributed by atoms with Crippen LogP contribution in [-0.2, 0) is 6.18 Å². The summed E-state index contributed by atoms with van der Waals surface area (Å²) in [7, 11) is 0. The van der Waals surface area contributed by atoms with Crippen LogP contribution in [-0.4, -0.2) is 14.6 Å². The maximum atomic E-state index is 14.2. The van der Waals surface area contributed by atoms with Gasteiger partial charge in [0.25, 0.3) is 5.56 Å². The van der Waals surface area contributed by atoms with Gasteiger partial charge < -0.3 is 0 Å². The summed E-state index contributed by atoms with van der Waals surface area (Å²) in [6.07, 6.45) is -4.62. The Bertz CT molecular complexity index is 1020. The van der Waals surface area contributed by atoms with Crippen molar-refractivity contribution in [1.82, 2.24) is 14.6 Å². The predicted octanol–water partition coefficient (Wildman–Crippen LogP) is 4.28. The van der Waals surface area contributed by atoms with Crippen LogP contribution in [0.5, 0.6) is 0 Å². The number of nitrogens with zero attached hydrogens (tertiary/aromatic N) is 2. The lowest BCUT2D eigenvalue weighted by Crippen LogP contribution is -2.22. The Labute approximate surface area is 140 Å². The van der Waals surface area contributed by atoms with E-state index in [1.165, 1.54) is 10.6 Å². The zero-order chi connectivity index (χ0) is 18.5. The van der Waals surface area contributed by atoms with E-state index in [1.807, 2.05) is 13.8 Å². The molecule has 0 radical (unpaired) electrons. The van der Waals surface area contributed by atoms with E-state index in [-0.39, 0.29) is 28.4 Å². The molecule has 1 aromatic carbocycles. The largest absolute Gasteiger partial charge is 0.416 e. The molecule has 3 aromatic rings. The molecule has 4 nitrogen and oxygen atoms in total. The normalized spacial score (nSPS) is 12.3. The number of hydrogen-bond acceptors (Lipinski definition) is 2. The van der Waals surface area contributed by atoms with Crippen LogP contribution in [0.2, 0.25) is 0 Å². The van der Waals surface area contributed by atoms with Crippen LogP contribution >= 0.6 is 0 Å². The van der Waals surface area contributed by atoms with Crippen LogP contribution < -0.4 is 5.56 Å². The summed E-state index contributed by atoms with van der Waals surface area (Å²) in [6.45, 7) is 5.43. The van der Waals surface area contributed by atoms with Crippen LogP contribution in [0.15, 0.2) is 29.1 Å². The molecule has 0 saturated carbocycles. The molecule has 0 unspecified atom stereocenters. The fourth-order valence-electron chi connectivity index (χ4n) is 2.86. The Hall–Kier alpha value is -2.64. The lowest BCUT2D eigenvalue weighted by Gasteiger charge is -2.08. The van der Waals surface area contributed by atoms with E-state index in [9.17, 15) is 22.4 Å². The minimum Gasteiger partial charge on any atom is -0.289 e. The first-order valence-corrected chi connectivity index (χ1v) is 7.59. The van der Waals surface area contributed by atoms with Gasteiger partial charge in [0.2, 0.25) is 0 Å². The number of halogens is 4. The van der Waals surface area contributed by atoms with Gasteiger partial charge in [0, 0.05) is 22.9 Å². The molecule has 0 saturated heterocycles. The molecule has 0 atom stereocenters. The zero-order valence-corrected chi connectivity index (χ0v) is 13.7. The zero-order valence-electron chi connectivity index (χ0n) is 13.7. The third-order valence-corrected chi connectivity index (χ3v) is 4.00. The number of alkyl halides is 3. The van der Waals surface area contributed by atoms with Gasteiger partial charge in [-0.3, -0.25) is 9.89 Å². The lowest BCUT2D eigenvalue weighted by atomic mass is 10.0. The second-order valence-corrected chi connectivity index (χ2v) is 6.13. The number of aryl methyl sites for hydroxylation is 1. The highest BCUT2D eigenvalue weighted by Gasteiger charge is 2.31. The summed E-state index contributed by atoms with van der Waals surface area (Å²) < 4.78 is 53.3. The first-order chi connectivity index (χ1) is 11.6. The molecular formula is C17H15F4N3O. The SMILES string of the molecule is Cc1nc2cc(-c3ccc(C(F)(F)F)cc3F)[nH]n2c(=O)c1C(C)C. The van der Waals surface area contributed by atoms with Crippen LogP contribution in [0.1, 0.15) is 36.6 Å². The van der Waals surface area contributed by atoms with Crippen molar-refractivity contribution in [3.8, 4) is 11.3 Å². The number of aromatic nitrogens is 3. The van der Waals surface area contributed by atoms with Gasteiger partial charge in [-0.2, -0.15) is 13.2 Å². The number of aromatic amines is 1. The Morgan fingerprint density at radius 2 is 1.88 bits per heavy atom. The fourth-order valence-corrected chi connectivity index (χ4v) is 2.86. The molecule has 2 aromatic heterocycles. The minimum absolute atomic E-state index is 0.0496. The monoisotopic (exact) mass is 353 g/mol. The summed E-state index contributed by atoms with van der Waals surface area (Å²) in [6, 6.07) is 3.70. The van der Waals surface area contributed by atoms with Crippen molar-refractivity contribution >= 4 is 5.65 Å². The highest BCUT2D eigenvalue weighted by molar-refractivity contribution is 5.65. The molecule has 132 valence electrons. The second kappa shape index (κ2) is 5.72. The maximum Gasteiger partial charge on any atom is 0.416 e. The van der Waals surface area contributed by atoms with Gasteiger partial charge >= 0.3 is 6.18 Å². The minimum atomic E-state index is -4.62. The number of hydrogen-bond donors (Lipinski definition) is 1. The van der Waals surface area contributed by atoms with Crippen molar-refractivity contribution in [1.29, 1.82) is 0 Å². The van der Waals surface area contributed by atoms with Gasteiger partial charge in [0.15, 0.2) is 5.65 Å². The Morgan fingerprint density at radius 3 is 2.44 bits per heavy atom. The van der Waals surface area contributed by atoms with E-state index in [0.717, 1.165) is 12.1 Å². The van der Waals surface area contributed by atoms with Crippen molar-refractivity contribution in [2.45, 2.75) is 32.9 Å². The third-order valence-electron chi connectivity index (χ3n) is 4.00. The molecule has 0 aliphatic rings. The van der Waals surface area contributed by atoms with E-state index in [4.69, 9.17) is 0 Å². The van der Waals surface area contributed by atoms with Crippen LogP contribution in [0.25, 0.3) is 16.9 Å². The maximum absolute atomic E-state index is 14.2. The van der Waals surface area contributed by atoms with Gasteiger partial charge in [-0.05, 0) is 31.0 Å². The Morgan fingerprint density at radius 1 is 1.20 bits per heavy atom. The number of benzene rings is 1. The van der Waals surface area contributed by atoms with Gasteiger partial charge in [-0.15, -0.1) is 0 Å². The quantitative estimate of drug-likeness (QED) is 0.699. The number of nitrogens with one attached hydrogen (secondary N) is 1. The summed E-state index contributed by atoms with van der Waals surface area (Å²) in [4.78, 5) is 16.9. The molecule has 0 aliphatic heterocycles. The molecule has 2 heterocycles. The average Bonchev–Trinajstić information content (AvgIpc) is 2.89. The summed E-state index contributed by atoms with van der Waals surface area (Å²) in [5.41, 5.74) is 0.102. The molecular weight excluding hydrogens is 338 g/mol. The summed E-state index contributed by atoms with van der Waals surface area (Å²) in [5, 5.41) is 2.72. The number of rotatable bonds is 2. The van der Waals surface area contributed by atoms with Crippen molar-refractivity contribution < 1.29 is 17.6 Å². The molecule has 25 heavy (non-hydrogen) atoms. The van der Waals surface area contributed by atoms with E-state index in [2.05, 4.69) is 10.1 Å². The Balaban J connectivity index is 2.18. The standard InChI is InChI=1S/C17H15F4N3O/c1-8(2)15-9(3)22-14-7-13(23-24(14)16(15)25)11-5-4-10(6-12(11)18)17(19,20)21/h4-8,23H,1-3H3. The van der Waals surface area contributed by atoms with Crippen LogP contribution in [0.3, 0.4) is 0 Å². The topological polar surface area (TPSA) is 50.2 Å². The van der Waals surface area contributed by atoms with Crippen molar-refractivity contribution in [3.63, 3.8) is 0 Å².